The lowest BCUT2D eigenvalue weighted by molar-refractivity contribution is 0.769. The Labute approximate surface area is 344 Å². The minimum Gasteiger partial charge on any atom is -0.208 e. The number of nitrogens with zero attached hydrogens (tertiary/aromatic N) is 3. The summed E-state index contributed by atoms with van der Waals surface area (Å²) in [6, 6.07) is 80.3. The van der Waals surface area contributed by atoms with Crippen molar-refractivity contribution in [3.8, 4) is 67.5 Å². The molecule has 0 aliphatic heterocycles. The van der Waals surface area contributed by atoms with Gasteiger partial charge in [-0.05, 0) is 84.6 Å². The maximum atomic E-state index is 5.01. The molecular weight excluding hydrogens is 715 g/mol. The number of fused-ring (bicyclic) bond motifs is 5. The molecule has 0 saturated carbocycles. The van der Waals surface area contributed by atoms with Gasteiger partial charge in [-0.3, -0.25) is 0 Å². The Bertz CT molecular complexity index is 3040. The zero-order chi connectivity index (χ0) is 39.2. The molecular formula is C56H37N3. The standard InChI is InChI=1S/C56H37N3/c1-5-18-39(19-6-1)53-57-54(40-20-7-2-8-21-40)59-55(58-53)45-25-16-24-43(36-45)41-22-15-23-42(35-41)44-31-33-49-51(37-44)56(46-26-9-3-10-27-46,47-28-11-4-12-29-47)50-34-32-38-17-13-14-30-48(38)52(49)50/h1-37H. The third kappa shape index (κ3) is 5.86. The Balaban J connectivity index is 1.05. The molecule has 0 radical (unpaired) electrons. The third-order valence-electron chi connectivity index (χ3n) is 11.8. The van der Waals surface area contributed by atoms with Gasteiger partial charge < -0.3 is 0 Å². The topological polar surface area (TPSA) is 38.7 Å². The van der Waals surface area contributed by atoms with E-state index in [1.807, 2.05) is 60.7 Å². The predicted molar refractivity (Wildman–Crippen MR) is 242 cm³/mol. The van der Waals surface area contributed by atoms with E-state index in [4.69, 9.17) is 15.0 Å². The summed E-state index contributed by atoms with van der Waals surface area (Å²) < 4.78 is 0. The third-order valence-corrected chi connectivity index (χ3v) is 11.8. The first kappa shape index (κ1) is 34.5. The molecule has 3 nitrogen and oxygen atoms in total. The van der Waals surface area contributed by atoms with Crippen molar-refractivity contribution in [2.75, 3.05) is 0 Å². The second-order valence-corrected chi connectivity index (χ2v) is 15.2. The molecule has 0 N–H and O–H groups in total. The number of rotatable bonds is 7. The Kier molecular flexibility index (Phi) is 8.37. The van der Waals surface area contributed by atoms with Crippen LogP contribution in [0.4, 0.5) is 0 Å². The van der Waals surface area contributed by atoms with Crippen molar-refractivity contribution < 1.29 is 0 Å². The summed E-state index contributed by atoms with van der Waals surface area (Å²) in [5.41, 5.74) is 14.6. The average molecular weight is 752 g/mol. The summed E-state index contributed by atoms with van der Waals surface area (Å²) in [4.78, 5) is 14.9. The molecule has 1 aliphatic rings. The molecule has 59 heavy (non-hydrogen) atoms. The van der Waals surface area contributed by atoms with Crippen molar-refractivity contribution in [2.24, 2.45) is 0 Å². The van der Waals surface area contributed by atoms with Crippen molar-refractivity contribution in [1.82, 2.24) is 15.0 Å². The van der Waals surface area contributed by atoms with Crippen molar-refractivity contribution in [2.45, 2.75) is 5.41 Å². The van der Waals surface area contributed by atoms with Crippen molar-refractivity contribution in [3.05, 3.63) is 247 Å². The van der Waals surface area contributed by atoms with Gasteiger partial charge in [0, 0.05) is 16.7 Å². The summed E-state index contributed by atoms with van der Waals surface area (Å²) in [5.74, 6) is 1.94. The van der Waals surface area contributed by atoms with Gasteiger partial charge in [0.15, 0.2) is 17.5 Å². The number of hydrogen-bond acceptors (Lipinski definition) is 3. The molecule has 9 aromatic carbocycles. The molecule has 0 unspecified atom stereocenters. The van der Waals surface area contributed by atoms with Crippen LogP contribution in [0.2, 0.25) is 0 Å². The minimum absolute atomic E-state index is 0.499. The lowest BCUT2D eigenvalue weighted by Crippen LogP contribution is -2.28. The lowest BCUT2D eigenvalue weighted by Gasteiger charge is -2.34. The quantitative estimate of drug-likeness (QED) is 0.163. The van der Waals surface area contributed by atoms with Crippen LogP contribution in [0.1, 0.15) is 22.3 Å². The van der Waals surface area contributed by atoms with Crippen LogP contribution in [-0.4, -0.2) is 15.0 Å². The fourth-order valence-corrected chi connectivity index (χ4v) is 9.09. The summed E-state index contributed by atoms with van der Waals surface area (Å²) in [6.45, 7) is 0. The zero-order valence-electron chi connectivity index (χ0n) is 32.2. The largest absolute Gasteiger partial charge is 0.208 e. The van der Waals surface area contributed by atoms with E-state index < -0.39 is 5.41 Å². The summed E-state index contributed by atoms with van der Waals surface area (Å²) in [6.07, 6.45) is 0. The van der Waals surface area contributed by atoms with E-state index in [0.29, 0.717) is 17.5 Å². The predicted octanol–water partition coefficient (Wildman–Crippen LogP) is 13.7. The highest BCUT2D eigenvalue weighted by molar-refractivity contribution is 6.04. The maximum Gasteiger partial charge on any atom is 0.164 e. The number of aromatic nitrogens is 3. The second-order valence-electron chi connectivity index (χ2n) is 15.2. The van der Waals surface area contributed by atoms with Crippen molar-refractivity contribution in [3.63, 3.8) is 0 Å². The first-order chi connectivity index (χ1) is 29.2. The fraction of sp³-hybridized carbons (Fsp3) is 0.0179. The van der Waals surface area contributed by atoms with Crippen LogP contribution in [0.5, 0.6) is 0 Å². The molecule has 0 amide bonds. The Hall–Kier alpha value is -7.75. The van der Waals surface area contributed by atoms with E-state index in [9.17, 15) is 0 Å². The van der Waals surface area contributed by atoms with Crippen LogP contribution in [0, 0.1) is 0 Å². The van der Waals surface area contributed by atoms with E-state index in [-0.39, 0.29) is 0 Å². The van der Waals surface area contributed by atoms with Gasteiger partial charge in [0.2, 0.25) is 0 Å². The van der Waals surface area contributed by atoms with Gasteiger partial charge in [0.05, 0.1) is 5.41 Å². The SMILES string of the molecule is c1ccc(-c2nc(-c3ccccc3)nc(-c3cccc(-c4cccc(-c5ccc6c(c5)C(c5ccccc5)(c5ccccc5)c5ccc7ccccc7c5-6)c4)c3)n2)cc1. The minimum atomic E-state index is -0.499. The van der Waals surface area contributed by atoms with E-state index in [1.54, 1.807) is 0 Å². The van der Waals surface area contributed by atoms with Gasteiger partial charge in [-0.2, -0.15) is 0 Å². The molecule has 1 heterocycles. The molecule has 10 aromatic rings. The van der Waals surface area contributed by atoms with Crippen LogP contribution in [0.3, 0.4) is 0 Å². The fourth-order valence-electron chi connectivity index (χ4n) is 9.09. The van der Waals surface area contributed by atoms with Gasteiger partial charge in [-0.25, -0.2) is 15.0 Å². The van der Waals surface area contributed by atoms with E-state index in [1.165, 1.54) is 49.7 Å². The molecule has 1 aliphatic carbocycles. The molecule has 1 aromatic heterocycles. The monoisotopic (exact) mass is 751 g/mol. The smallest absolute Gasteiger partial charge is 0.164 e. The Morgan fingerprint density at radius 3 is 1.31 bits per heavy atom. The van der Waals surface area contributed by atoms with Gasteiger partial charge in [0.25, 0.3) is 0 Å². The summed E-state index contributed by atoms with van der Waals surface area (Å²) >= 11 is 0. The first-order valence-corrected chi connectivity index (χ1v) is 20.1. The molecule has 0 saturated heterocycles. The van der Waals surface area contributed by atoms with E-state index >= 15 is 0 Å². The highest BCUT2D eigenvalue weighted by Gasteiger charge is 2.46. The van der Waals surface area contributed by atoms with E-state index in [0.717, 1.165) is 33.4 Å². The highest BCUT2D eigenvalue weighted by atomic mass is 15.0. The van der Waals surface area contributed by atoms with Crippen LogP contribution in [-0.2, 0) is 5.41 Å². The van der Waals surface area contributed by atoms with Crippen LogP contribution in [0.25, 0.3) is 78.3 Å². The van der Waals surface area contributed by atoms with Crippen molar-refractivity contribution >= 4 is 10.8 Å². The normalized spacial score (nSPS) is 12.5. The van der Waals surface area contributed by atoms with Crippen LogP contribution in [0.15, 0.2) is 224 Å². The lowest BCUT2D eigenvalue weighted by atomic mass is 9.67. The Morgan fingerprint density at radius 1 is 0.288 bits per heavy atom. The van der Waals surface area contributed by atoms with Gasteiger partial charge >= 0.3 is 0 Å². The number of benzene rings is 9. The van der Waals surface area contributed by atoms with Gasteiger partial charge in [-0.1, -0.05) is 206 Å². The second kappa shape index (κ2) is 14.3. The summed E-state index contributed by atoms with van der Waals surface area (Å²) in [5, 5.41) is 2.53. The average Bonchev–Trinajstić information content (AvgIpc) is 3.63. The molecule has 11 rings (SSSR count). The Morgan fingerprint density at radius 2 is 0.729 bits per heavy atom. The van der Waals surface area contributed by atoms with Gasteiger partial charge in [-0.15, -0.1) is 0 Å². The highest BCUT2D eigenvalue weighted by Crippen LogP contribution is 2.58. The van der Waals surface area contributed by atoms with E-state index in [2.05, 4.69) is 164 Å². The van der Waals surface area contributed by atoms with Gasteiger partial charge in [0.1, 0.15) is 0 Å². The molecule has 0 spiro atoms. The molecule has 0 bridgehead atoms. The molecule has 0 atom stereocenters. The van der Waals surface area contributed by atoms with Crippen LogP contribution >= 0.6 is 0 Å². The maximum absolute atomic E-state index is 5.01. The zero-order valence-corrected chi connectivity index (χ0v) is 32.2. The first-order valence-electron chi connectivity index (χ1n) is 20.1. The molecule has 0 fully saturated rings. The van der Waals surface area contributed by atoms with Crippen molar-refractivity contribution in [1.29, 1.82) is 0 Å². The molecule has 3 heteroatoms. The number of hydrogen-bond donors (Lipinski definition) is 0. The summed E-state index contributed by atoms with van der Waals surface area (Å²) in [7, 11) is 0. The van der Waals surface area contributed by atoms with Crippen LogP contribution < -0.4 is 0 Å². The molecule has 276 valence electrons.